The van der Waals surface area contributed by atoms with E-state index in [0.717, 1.165) is 6.42 Å². The van der Waals surface area contributed by atoms with Gasteiger partial charge in [0.2, 0.25) is 0 Å². The lowest BCUT2D eigenvalue weighted by Crippen LogP contribution is -2.57. The fourth-order valence-electron chi connectivity index (χ4n) is 4.94. The van der Waals surface area contributed by atoms with E-state index in [2.05, 4.69) is 42.2 Å². The van der Waals surface area contributed by atoms with Crippen LogP contribution in [-0.2, 0) is 4.74 Å². The van der Waals surface area contributed by atoms with E-state index in [9.17, 15) is 9.90 Å². The number of rotatable bonds is 7. The first kappa shape index (κ1) is 37.1. The number of anilines is 3. The van der Waals surface area contributed by atoms with Crippen LogP contribution in [0.1, 0.15) is 46.6 Å². The Kier molecular flexibility index (Phi) is 12.5. The summed E-state index contributed by atoms with van der Waals surface area (Å²) >= 11 is 3.61. The predicted molar refractivity (Wildman–Crippen MR) is 193 cm³/mol. The Bertz CT molecular complexity index is 1790. The van der Waals surface area contributed by atoms with Crippen LogP contribution in [0, 0.1) is 25.1 Å². The minimum absolute atomic E-state index is 0.203. The molecule has 1 saturated heterocycles. The van der Waals surface area contributed by atoms with Crippen LogP contribution in [0.2, 0.25) is 0 Å². The van der Waals surface area contributed by atoms with Crippen LogP contribution in [0.5, 0.6) is 5.75 Å². The number of carbonyl (C=O) groups excluding carboxylic acids is 1. The predicted octanol–water partition coefficient (Wildman–Crippen LogP) is 6.52. The van der Waals surface area contributed by atoms with E-state index in [1.165, 1.54) is 6.33 Å². The van der Waals surface area contributed by atoms with E-state index < -0.39 is 23.6 Å². The number of pyridine rings is 1. The van der Waals surface area contributed by atoms with E-state index in [-0.39, 0.29) is 12.3 Å². The Balaban J connectivity index is 0.00000128. The number of piperazine rings is 1. The monoisotopic (exact) mass is 736 g/mol. The molecule has 2 aliphatic heterocycles. The standard InChI is InChI=1S/C31H36BrFN8O4.C4H6/c1-6-36-40-11-9-21(10-12-40)44-25-8-7-23(26(33)19(25)2)37-28-27-24(34-18-35-28)15-22(32)29(38-27)39-13-14-41(20(16-39)17-42)30(43)45-31(3,4)5;1-3-4-2/h6-11,15,18,20,42H,12-14,16-17H2,1-5H3,(H,34,35,37);1H,4H2,2H3/b36-6-;. The number of amides is 1. The lowest BCUT2D eigenvalue weighted by atomic mass is 10.1. The van der Waals surface area contributed by atoms with Gasteiger partial charge in [-0.2, -0.15) is 5.10 Å². The number of hydrazone groups is 1. The molecule has 2 aromatic heterocycles. The molecule has 1 unspecified atom stereocenters. The second kappa shape index (κ2) is 16.6. The molecule has 0 bridgehead atoms. The summed E-state index contributed by atoms with van der Waals surface area (Å²) in [4.78, 5) is 29.9. The molecule has 1 amide bonds. The number of nitrogens with one attached hydrogen (secondary N) is 1. The van der Waals surface area contributed by atoms with E-state index >= 15 is 4.39 Å². The van der Waals surface area contributed by atoms with Gasteiger partial charge in [0.25, 0.3) is 0 Å². The molecule has 3 aromatic rings. The van der Waals surface area contributed by atoms with E-state index in [0.29, 0.717) is 70.4 Å². The van der Waals surface area contributed by atoms with Crippen LogP contribution in [0.4, 0.5) is 26.5 Å². The second-order valence-electron chi connectivity index (χ2n) is 12.1. The molecule has 4 heterocycles. The molecule has 1 fully saturated rings. The van der Waals surface area contributed by atoms with Crippen LogP contribution >= 0.6 is 15.9 Å². The second-order valence-corrected chi connectivity index (χ2v) is 12.9. The summed E-state index contributed by atoms with van der Waals surface area (Å²) < 4.78 is 27.8. The summed E-state index contributed by atoms with van der Waals surface area (Å²) in [5.74, 6) is 3.84. The van der Waals surface area contributed by atoms with Crippen molar-refractivity contribution in [2.45, 2.75) is 59.6 Å². The lowest BCUT2D eigenvalue weighted by Gasteiger charge is -2.41. The zero-order chi connectivity index (χ0) is 35.7. The number of carbonyl (C=O) groups is 1. The highest BCUT2D eigenvalue weighted by Gasteiger charge is 2.34. The van der Waals surface area contributed by atoms with Crippen molar-refractivity contribution in [3.05, 3.63) is 64.5 Å². The van der Waals surface area contributed by atoms with Crippen molar-refractivity contribution in [2.75, 3.05) is 43.0 Å². The van der Waals surface area contributed by atoms with E-state index in [1.807, 2.05) is 30.9 Å². The Morgan fingerprint density at radius 2 is 2.06 bits per heavy atom. The van der Waals surface area contributed by atoms with Gasteiger partial charge in [-0.3, -0.25) is 9.91 Å². The molecule has 14 heteroatoms. The van der Waals surface area contributed by atoms with Gasteiger partial charge in [-0.1, -0.05) is 6.92 Å². The maximum absolute atomic E-state index is 15.6. The van der Waals surface area contributed by atoms with Crippen LogP contribution in [-0.4, -0.2) is 86.7 Å². The highest BCUT2D eigenvalue weighted by atomic mass is 79.9. The zero-order valence-corrected chi connectivity index (χ0v) is 30.2. The number of benzene rings is 1. The molecule has 1 atom stereocenters. The molecular weight excluding hydrogens is 695 g/mol. The van der Waals surface area contributed by atoms with E-state index in [4.69, 9.17) is 20.9 Å². The molecule has 12 nitrogen and oxygen atoms in total. The van der Waals surface area contributed by atoms with Gasteiger partial charge in [-0.05, 0) is 80.9 Å². The number of halogens is 2. The van der Waals surface area contributed by atoms with Crippen molar-refractivity contribution in [3.63, 3.8) is 0 Å². The number of hydrogen-bond acceptors (Lipinski definition) is 11. The molecule has 0 aliphatic carbocycles. The van der Waals surface area contributed by atoms with Crippen LogP contribution in [0.3, 0.4) is 0 Å². The van der Waals surface area contributed by atoms with Gasteiger partial charge in [0.05, 0.1) is 34.9 Å². The normalized spacial score (nSPS) is 16.2. The van der Waals surface area contributed by atoms with Crippen molar-refractivity contribution >= 4 is 56.6 Å². The van der Waals surface area contributed by atoms with Gasteiger partial charge >= 0.3 is 6.09 Å². The first-order valence-corrected chi connectivity index (χ1v) is 16.7. The maximum Gasteiger partial charge on any atom is 0.410 e. The number of ether oxygens (including phenoxy) is 2. The van der Waals surface area contributed by atoms with Gasteiger partial charge < -0.3 is 24.8 Å². The molecule has 49 heavy (non-hydrogen) atoms. The summed E-state index contributed by atoms with van der Waals surface area (Å²) in [6, 6.07) is 4.61. The van der Waals surface area contributed by atoms with E-state index in [1.54, 1.807) is 68.2 Å². The first-order valence-electron chi connectivity index (χ1n) is 15.9. The number of terminal acetylenes is 1. The highest BCUT2D eigenvalue weighted by molar-refractivity contribution is 9.10. The average Bonchev–Trinajstić information content (AvgIpc) is 3.08. The summed E-state index contributed by atoms with van der Waals surface area (Å²) in [6.45, 7) is 12.3. The highest BCUT2D eigenvalue weighted by Crippen LogP contribution is 2.34. The number of allylic oxidation sites excluding steroid dienone is 1. The first-order chi connectivity index (χ1) is 23.4. The largest absolute Gasteiger partial charge is 0.457 e. The molecular formula is C35H42BrFN8O4. The minimum atomic E-state index is -0.650. The molecule has 2 aliphatic rings. The lowest BCUT2D eigenvalue weighted by molar-refractivity contribution is 0.00698. The van der Waals surface area contributed by atoms with Crippen molar-refractivity contribution in [3.8, 4) is 18.1 Å². The van der Waals surface area contributed by atoms with Gasteiger partial charge in [0, 0.05) is 44.0 Å². The molecule has 0 saturated carbocycles. The number of fused-ring (bicyclic) bond motifs is 1. The molecule has 0 spiro atoms. The Morgan fingerprint density at radius 3 is 2.69 bits per heavy atom. The summed E-state index contributed by atoms with van der Waals surface area (Å²) in [5, 5.41) is 19.2. The van der Waals surface area contributed by atoms with Crippen molar-refractivity contribution in [1.29, 1.82) is 0 Å². The molecule has 0 radical (unpaired) electrons. The van der Waals surface area contributed by atoms with Crippen molar-refractivity contribution in [2.24, 2.45) is 5.10 Å². The summed E-state index contributed by atoms with van der Waals surface area (Å²) in [6.07, 6.45) is 13.7. The van der Waals surface area contributed by atoms with Crippen LogP contribution in [0.15, 0.2) is 58.2 Å². The zero-order valence-electron chi connectivity index (χ0n) is 28.6. The number of hydrogen-bond donors (Lipinski definition) is 2. The Labute approximate surface area is 294 Å². The van der Waals surface area contributed by atoms with Gasteiger partial charge in [0.1, 0.15) is 34.8 Å². The fourth-order valence-corrected chi connectivity index (χ4v) is 5.50. The third kappa shape index (κ3) is 9.45. The number of aliphatic hydroxyl groups excluding tert-OH is 1. The number of nitrogens with zero attached hydrogens (tertiary/aromatic N) is 7. The fraction of sp³-hybridized carbons (Fsp3) is 0.400. The van der Waals surface area contributed by atoms with Crippen molar-refractivity contribution < 1.29 is 23.8 Å². The molecule has 260 valence electrons. The topological polar surface area (TPSA) is 129 Å². The van der Waals surface area contributed by atoms with Gasteiger partial charge in [-0.15, -0.1) is 12.3 Å². The summed E-state index contributed by atoms with van der Waals surface area (Å²) in [5.41, 5.74) is 0.858. The van der Waals surface area contributed by atoms with Crippen LogP contribution < -0.4 is 15.0 Å². The Hall–Kier alpha value is -4.74. The van der Waals surface area contributed by atoms with Crippen molar-refractivity contribution in [1.82, 2.24) is 24.9 Å². The number of aromatic nitrogens is 3. The van der Waals surface area contributed by atoms with Crippen LogP contribution in [0.25, 0.3) is 11.0 Å². The SMILES string of the molecule is C#CCC.C/C=N\N1C=CC(Oc2ccc(Nc3ncnc4cc(Br)c(N5CCN(C(=O)OC(C)(C)C)C(CO)C5)nc34)c(F)c2C)=CC1. The van der Waals surface area contributed by atoms with Gasteiger partial charge in [0.15, 0.2) is 11.6 Å². The average molecular weight is 738 g/mol. The number of aliphatic hydroxyl groups is 1. The van der Waals surface area contributed by atoms with Gasteiger partial charge in [-0.25, -0.2) is 24.1 Å². The smallest absolute Gasteiger partial charge is 0.410 e. The summed E-state index contributed by atoms with van der Waals surface area (Å²) in [7, 11) is 0. The molecule has 1 aromatic carbocycles. The maximum atomic E-state index is 15.6. The third-order valence-corrected chi connectivity index (χ3v) is 7.93. The quantitative estimate of drug-likeness (QED) is 0.204. The Morgan fingerprint density at radius 1 is 1.31 bits per heavy atom. The minimum Gasteiger partial charge on any atom is -0.457 e. The molecule has 2 N–H and O–H groups in total. The third-order valence-electron chi connectivity index (χ3n) is 7.34. The molecule has 5 rings (SSSR count).